The van der Waals surface area contributed by atoms with Crippen LogP contribution < -0.4 is 10.9 Å². The van der Waals surface area contributed by atoms with Gasteiger partial charge in [-0.05, 0) is 43.3 Å². The summed E-state index contributed by atoms with van der Waals surface area (Å²) < 4.78 is 14.7. The number of aromatic nitrogens is 2. The van der Waals surface area contributed by atoms with Gasteiger partial charge in [0.15, 0.2) is 0 Å². The fraction of sp³-hybridized carbons (Fsp3) is 0.190. The summed E-state index contributed by atoms with van der Waals surface area (Å²) in [5, 5.41) is 26.0. The van der Waals surface area contributed by atoms with E-state index in [-0.39, 0.29) is 16.9 Å². The largest absolute Gasteiger partial charge is 0.394 e. The fourth-order valence-corrected chi connectivity index (χ4v) is 2.87. The summed E-state index contributed by atoms with van der Waals surface area (Å²) in [6.07, 6.45) is -1.20. The van der Waals surface area contributed by atoms with E-state index in [9.17, 15) is 19.1 Å². The molecule has 156 valence electrons. The minimum atomic E-state index is -1.20. The zero-order valence-corrected chi connectivity index (χ0v) is 16.7. The lowest BCUT2D eigenvalue weighted by Crippen LogP contribution is -2.44. The second-order valence-corrected chi connectivity index (χ2v) is 7.10. The number of hydrogen-bond acceptors (Lipinski definition) is 5. The Kier molecular flexibility index (Phi) is 6.61. The maximum atomic E-state index is 13.7. The van der Waals surface area contributed by atoms with Gasteiger partial charge in [0.05, 0.1) is 30.1 Å². The molecule has 0 aliphatic rings. The molecule has 2 aromatic carbocycles. The molecule has 7 nitrogen and oxygen atoms in total. The Morgan fingerprint density at radius 2 is 1.93 bits per heavy atom. The van der Waals surface area contributed by atoms with E-state index < -0.39 is 36.0 Å². The van der Waals surface area contributed by atoms with Crippen LogP contribution in [0.1, 0.15) is 17.3 Å². The van der Waals surface area contributed by atoms with Crippen LogP contribution in [0.25, 0.3) is 16.9 Å². The minimum absolute atomic E-state index is 0.147. The first kappa shape index (κ1) is 21.6. The highest BCUT2D eigenvalue weighted by Crippen LogP contribution is 2.20. The van der Waals surface area contributed by atoms with Crippen LogP contribution in [-0.4, -0.2) is 44.7 Å². The fourth-order valence-electron chi connectivity index (χ4n) is 2.74. The van der Waals surface area contributed by atoms with Crippen molar-refractivity contribution in [2.45, 2.75) is 19.1 Å². The molecule has 3 rings (SSSR count). The maximum absolute atomic E-state index is 13.7. The van der Waals surface area contributed by atoms with E-state index in [1.54, 1.807) is 24.3 Å². The molecule has 0 spiro atoms. The maximum Gasteiger partial charge on any atom is 0.284 e. The van der Waals surface area contributed by atoms with Crippen LogP contribution in [-0.2, 0) is 0 Å². The summed E-state index contributed by atoms with van der Waals surface area (Å²) >= 11 is 5.93. The normalized spacial score (nSPS) is 13.0. The zero-order chi connectivity index (χ0) is 21.8. The molecule has 0 aliphatic carbocycles. The van der Waals surface area contributed by atoms with Crippen molar-refractivity contribution in [2.75, 3.05) is 6.61 Å². The summed E-state index contributed by atoms with van der Waals surface area (Å²) in [7, 11) is 0. The molecular weight excluding hydrogens is 413 g/mol. The molecule has 1 heterocycles. The van der Waals surface area contributed by atoms with E-state index in [0.29, 0.717) is 10.6 Å². The van der Waals surface area contributed by atoms with Gasteiger partial charge in [0.2, 0.25) is 0 Å². The summed E-state index contributed by atoms with van der Waals surface area (Å²) in [6.45, 7) is 0.937. The average Bonchev–Trinajstić information content (AvgIpc) is 2.73. The number of carbonyl (C=O) groups is 1. The predicted octanol–water partition coefficient (Wildman–Crippen LogP) is 2.16. The summed E-state index contributed by atoms with van der Waals surface area (Å²) in [5.74, 6) is -1.33. The molecule has 0 bridgehead atoms. The summed E-state index contributed by atoms with van der Waals surface area (Å²) in [5.41, 5.74) is 0.00379. The number of rotatable bonds is 6. The number of aliphatic hydroxyl groups excluding tert-OH is 2. The highest BCUT2D eigenvalue weighted by atomic mass is 35.5. The lowest BCUT2D eigenvalue weighted by molar-refractivity contribution is 0.0610. The lowest BCUT2D eigenvalue weighted by atomic mass is 10.1. The molecule has 3 aromatic rings. The lowest BCUT2D eigenvalue weighted by Gasteiger charge is -2.18. The Labute approximate surface area is 176 Å². The van der Waals surface area contributed by atoms with Gasteiger partial charge in [0, 0.05) is 10.6 Å². The van der Waals surface area contributed by atoms with Crippen molar-refractivity contribution < 1.29 is 19.4 Å². The second kappa shape index (κ2) is 9.17. The monoisotopic (exact) mass is 431 g/mol. The third kappa shape index (κ3) is 4.73. The summed E-state index contributed by atoms with van der Waals surface area (Å²) in [4.78, 5) is 25.7. The van der Waals surface area contributed by atoms with E-state index in [1.165, 1.54) is 31.2 Å². The van der Waals surface area contributed by atoms with Crippen molar-refractivity contribution in [2.24, 2.45) is 0 Å². The SMILES string of the molecule is C[C@H](NC(=O)c1cc(-c2ccc(Cl)cc2)nn(-c2cccc(F)c2)c1=O)[C@@H](O)CO. The number of benzene rings is 2. The first-order valence-electron chi connectivity index (χ1n) is 9.06. The predicted molar refractivity (Wildman–Crippen MR) is 110 cm³/mol. The van der Waals surface area contributed by atoms with Crippen LogP contribution in [0.3, 0.4) is 0 Å². The molecule has 3 N–H and O–H groups in total. The molecule has 2 atom stereocenters. The standard InChI is InChI=1S/C21H19ClFN3O4/c1-12(19(28)11-27)24-20(29)17-10-18(13-5-7-14(22)8-6-13)25-26(21(17)30)16-4-2-3-15(23)9-16/h2-10,12,19,27-28H,11H2,1H3,(H,24,29)/t12-,19-/m0/s1. The number of carbonyl (C=O) groups excluding carboxylic acids is 1. The van der Waals surface area contributed by atoms with Crippen molar-refractivity contribution >= 4 is 17.5 Å². The molecular formula is C21H19ClFN3O4. The van der Waals surface area contributed by atoms with Gasteiger partial charge in [0.1, 0.15) is 11.4 Å². The number of aliphatic hydroxyl groups is 2. The Balaban J connectivity index is 2.14. The van der Waals surface area contributed by atoms with E-state index in [4.69, 9.17) is 16.7 Å². The number of nitrogens with zero attached hydrogens (tertiary/aromatic N) is 2. The molecule has 1 amide bonds. The van der Waals surface area contributed by atoms with Crippen molar-refractivity contribution in [3.05, 3.63) is 81.4 Å². The van der Waals surface area contributed by atoms with Crippen molar-refractivity contribution in [3.8, 4) is 16.9 Å². The molecule has 0 aliphatic heterocycles. The smallest absolute Gasteiger partial charge is 0.284 e. The number of nitrogens with one attached hydrogen (secondary N) is 1. The van der Waals surface area contributed by atoms with E-state index in [0.717, 1.165) is 10.7 Å². The molecule has 9 heteroatoms. The molecule has 0 unspecified atom stereocenters. The Hall–Kier alpha value is -3.07. The number of hydrogen-bond donors (Lipinski definition) is 3. The molecule has 1 aromatic heterocycles. The van der Waals surface area contributed by atoms with E-state index in [1.807, 2.05) is 0 Å². The first-order chi connectivity index (χ1) is 14.3. The van der Waals surface area contributed by atoms with Gasteiger partial charge in [-0.15, -0.1) is 0 Å². The van der Waals surface area contributed by atoms with Crippen LogP contribution >= 0.6 is 11.6 Å². The summed E-state index contributed by atoms with van der Waals surface area (Å²) in [6, 6.07) is 12.4. The minimum Gasteiger partial charge on any atom is -0.394 e. The second-order valence-electron chi connectivity index (χ2n) is 6.66. The molecule has 0 saturated carbocycles. The van der Waals surface area contributed by atoms with Crippen molar-refractivity contribution in [1.82, 2.24) is 15.1 Å². The Morgan fingerprint density at radius 1 is 1.23 bits per heavy atom. The van der Waals surface area contributed by atoms with Gasteiger partial charge < -0.3 is 15.5 Å². The number of amides is 1. The van der Waals surface area contributed by atoms with Gasteiger partial charge in [-0.25, -0.2) is 4.39 Å². The van der Waals surface area contributed by atoms with Gasteiger partial charge in [0.25, 0.3) is 11.5 Å². The van der Waals surface area contributed by atoms with Crippen LogP contribution in [0.2, 0.25) is 5.02 Å². The molecule has 0 fully saturated rings. The molecule has 0 saturated heterocycles. The van der Waals surface area contributed by atoms with Crippen molar-refractivity contribution in [1.29, 1.82) is 0 Å². The third-order valence-corrected chi connectivity index (χ3v) is 4.72. The van der Waals surface area contributed by atoms with Crippen molar-refractivity contribution in [3.63, 3.8) is 0 Å². The Morgan fingerprint density at radius 3 is 2.57 bits per heavy atom. The average molecular weight is 432 g/mol. The van der Waals surface area contributed by atoms with Crippen LogP contribution in [0.5, 0.6) is 0 Å². The highest BCUT2D eigenvalue weighted by Gasteiger charge is 2.21. The van der Waals surface area contributed by atoms with E-state index >= 15 is 0 Å². The van der Waals surface area contributed by atoms with Crippen LogP contribution in [0.4, 0.5) is 4.39 Å². The zero-order valence-electron chi connectivity index (χ0n) is 15.9. The van der Waals surface area contributed by atoms with Gasteiger partial charge in [-0.2, -0.15) is 9.78 Å². The highest BCUT2D eigenvalue weighted by molar-refractivity contribution is 6.30. The number of halogens is 2. The van der Waals surface area contributed by atoms with Gasteiger partial charge in [-0.1, -0.05) is 29.8 Å². The molecule has 0 radical (unpaired) electrons. The van der Waals surface area contributed by atoms with Crippen LogP contribution in [0, 0.1) is 5.82 Å². The van der Waals surface area contributed by atoms with Crippen LogP contribution in [0.15, 0.2) is 59.4 Å². The quantitative estimate of drug-likeness (QED) is 0.555. The Bertz CT molecular complexity index is 1120. The topological polar surface area (TPSA) is 104 Å². The molecule has 30 heavy (non-hydrogen) atoms. The third-order valence-electron chi connectivity index (χ3n) is 4.47. The first-order valence-corrected chi connectivity index (χ1v) is 9.44. The van der Waals surface area contributed by atoms with Gasteiger partial charge >= 0.3 is 0 Å². The van der Waals surface area contributed by atoms with Gasteiger partial charge in [-0.3, -0.25) is 9.59 Å². The van der Waals surface area contributed by atoms with E-state index in [2.05, 4.69) is 10.4 Å².